The van der Waals surface area contributed by atoms with E-state index >= 15 is 0 Å². The highest BCUT2D eigenvalue weighted by Crippen LogP contribution is 2.06. The molecule has 0 unspecified atom stereocenters. The second kappa shape index (κ2) is 5.09. The number of morpholine rings is 1. The van der Waals surface area contributed by atoms with Crippen LogP contribution in [0.25, 0.3) is 0 Å². The highest BCUT2D eigenvalue weighted by atomic mass is 16.5. The summed E-state index contributed by atoms with van der Waals surface area (Å²) in [6.45, 7) is 4.22. The molecule has 0 radical (unpaired) electrons. The predicted octanol–water partition coefficient (Wildman–Crippen LogP) is 0.248. The second-order valence-electron chi connectivity index (χ2n) is 3.69. The Morgan fingerprint density at radius 2 is 2.25 bits per heavy atom. The van der Waals surface area contributed by atoms with Gasteiger partial charge in [-0.05, 0) is 0 Å². The molecule has 1 aromatic rings. The third-order valence-electron chi connectivity index (χ3n) is 2.56. The maximum atomic E-state index is 10.6. The Balaban J connectivity index is 1.81. The SMILES string of the molecule is O=C(O)c1cc(CCN2CCOCC2)no1. The van der Waals surface area contributed by atoms with Crippen molar-refractivity contribution in [3.63, 3.8) is 0 Å². The fourth-order valence-electron chi connectivity index (χ4n) is 1.63. The molecule has 1 N–H and O–H groups in total. The fraction of sp³-hybridized carbons (Fsp3) is 0.600. The third-order valence-corrected chi connectivity index (χ3v) is 2.56. The van der Waals surface area contributed by atoms with Crippen LogP contribution in [0.15, 0.2) is 10.6 Å². The zero-order valence-corrected chi connectivity index (χ0v) is 8.89. The van der Waals surface area contributed by atoms with Crippen molar-refractivity contribution in [1.82, 2.24) is 10.1 Å². The topological polar surface area (TPSA) is 75.8 Å². The Morgan fingerprint density at radius 1 is 1.50 bits per heavy atom. The number of hydrogen-bond acceptors (Lipinski definition) is 5. The predicted molar refractivity (Wildman–Crippen MR) is 54.4 cm³/mol. The first-order valence-electron chi connectivity index (χ1n) is 5.24. The van der Waals surface area contributed by atoms with Crippen LogP contribution in [0.2, 0.25) is 0 Å². The largest absolute Gasteiger partial charge is 0.475 e. The molecule has 0 aliphatic carbocycles. The minimum absolute atomic E-state index is 0.100. The first kappa shape index (κ1) is 11.1. The van der Waals surface area contributed by atoms with E-state index in [1.54, 1.807) is 0 Å². The van der Waals surface area contributed by atoms with Crippen molar-refractivity contribution in [3.8, 4) is 0 Å². The van der Waals surface area contributed by atoms with Crippen LogP contribution in [-0.2, 0) is 11.2 Å². The van der Waals surface area contributed by atoms with Gasteiger partial charge in [-0.1, -0.05) is 5.16 Å². The molecule has 0 saturated carbocycles. The Hall–Kier alpha value is -1.40. The van der Waals surface area contributed by atoms with Crippen molar-refractivity contribution < 1.29 is 19.2 Å². The van der Waals surface area contributed by atoms with Gasteiger partial charge in [-0.2, -0.15) is 0 Å². The number of hydrogen-bond donors (Lipinski definition) is 1. The van der Waals surface area contributed by atoms with Gasteiger partial charge in [0.2, 0.25) is 5.76 Å². The zero-order chi connectivity index (χ0) is 11.4. The van der Waals surface area contributed by atoms with Crippen LogP contribution in [0.4, 0.5) is 0 Å². The van der Waals surface area contributed by atoms with Crippen molar-refractivity contribution in [3.05, 3.63) is 17.5 Å². The van der Waals surface area contributed by atoms with Gasteiger partial charge >= 0.3 is 5.97 Å². The lowest BCUT2D eigenvalue weighted by atomic mass is 10.2. The molecule has 0 spiro atoms. The van der Waals surface area contributed by atoms with Crippen molar-refractivity contribution >= 4 is 5.97 Å². The molecule has 0 atom stereocenters. The van der Waals surface area contributed by atoms with E-state index < -0.39 is 5.97 Å². The maximum Gasteiger partial charge on any atom is 0.374 e. The molecule has 0 aromatic carbocycles. The fourth-order valence-corrected chi connectivity index (χ4v) is 1.63. The molecule has 1 aromatic heterocycles. The molecule has 6 nitrogen and oxygen atoms in total. The lowest BCUT2D eigenvalue weighted by Gasteiger charge is -2.25. The summed E-state index contributed by atoms with van der Waals surface area (Å²) in [7, 11) is 0. The Kier molecular flexibility index (Phi) is 3.53. The molecule has 0 bridgehead atoms. The minimum atomic E-state index is -1.08. The third kappa shape index (κ3) is 2.80. The molecule has 1 saturated heterocycles. The molecule has 1 aliphatic heterocycles. The van der Waals surface area contributed by atoms with E-state index in [0.29, 0.717) is 12.1 Å². The first-order chi connectivity index (χ1) is 7.75. The highest BCUT2D eigenvalue weighted by Gasteiger charge is 2.13. The monoisotopic (exact) mass is 226 g/mol. The summed E-state index contributed by atoms with van der Waals surface area (Å²) >= 11 is 0. The highest BCUT2D eigenvalue weighted by molar-refractivity contribution is 5.84. The van der Waals surface area contributed by atoms with E-state index in [0.717, 1.165) is 32.8 Å². The average Bonchev–Trinajstić information content (AvgIpc) is 2.76. The average molecular weight is 226 g/mol. The number of carboxylic acid groups (broad SMARTS) is 1. The van der Waals surface area contributed by atoms with Crippen LogP contribution < -0.4 is 0 Å². The van der Waals surface area contributed by atoms with E-state index in [-0.39, 0.29) is 5.76 Å². The molecular formula is C10H14N2O4. The van der Waals surface area contributed by atoms with Gasteiger partial charge in [0.1, 0.15) is 0 Å². The number of carboxylic acids is 1. The number of rotatable bonds is 4. The van der Waals surface area contributed by atoms with Crippen LogP contribution in [0.5, 0.6) is 0 Å². The van der Waals surface area contributed by atoms with E-state index in [2.05, 4.69) is 14.6 Å². The van der Waals surface area contributed by atoms with Gasteiger partial charge in [-0.15, -0.1) is 0 Å². The van der Waals surface area contributed by atoms with Crippen molar-refractivity contribution in [1.29, 1.82) is 0 Å². The van der Waals surface area contributed by atoms with Crippen molar-refractivity contribution in [2.24, 2.45) is 0 Å². The maximum absolute atomic E-state index is 10.6. The number of aromatic carboxylic acids is 1. The second-order valence-corrected chi connectivity index (χ2v) is 3.69. The van der Waals surface area contributed by atoms with Crippen molar-refractivity contribution in [2.75, 3.05) is 32.8 Å². The number of nitrogens with zero attached hydrogens (tertiary/aromatic N) is 2. The van der Waals surface area contributed by atoms with Gasteiger partial charge in [0.15, 0.2) is 0 Å². The van der Waals surface area contributed by atoms with Gasteiger partial charge in [0, 0.05) is 32.1 Å². The van der Waals surface area contributed by atoms with E-state index in [4.69, 9.17) is 9.84 Å². The first-order valence-corrected chi connectivity index (χ1v) is 5.24. The van der Waals surface area contributed by atoms with E-state index in [9.17, 15) is 4.79 Å². The van der Waals surface area contributed by atoms with Gasteiger partial charge in [0.25, 0.3) is 0 Å². The summed E-state index contributed by atoms with van der Waals surface area (Å²) in [6.07, 6.45) is 0.705. The van der Waals surface area contributed by atoms with Crippen LogP contribution in [0.3, 0.4) is 0 Å². The smallest absolute Gasteiger partial charge is 0.374 e. The van der Waals surface area contributed by atoms with Crippen molar-refractivity contribution in [2.45, 2.75) is 6.42 Å². The summed E-state index contributed by atoms with van der Waals surface area (Å²) in [5, 5.41) is 12.4. The summed E-state index contributed by atoms with van der Waals surface area (Å²) in [5.74, 6) is -1.18. The lowest BCUT2D eigenvalue weighted by Crippen LogP contribution is -2.37. The van der Waals surface area contributed by atoms with Crippen LogP contribution in [-0.4, -0.2) is 54.0 Å². The molecule has 6 heteroatoms. The molecule has 2 heterocycles. The van der Waals surface area contributed by atoms with Crippen LogP contribution in [0, 0.1) is 0 Å². The standard InChI is InChI=1S/C10H14N2O4/c13-10(14)9-7-8(11-16-9)1-2-12-3-5-15-6-4-12/h7H,1-6H2,(H,13,14). The molecule has 1 aliphatic rings. The molecule has 88 valence electrons. The Bertz CT molecular complexity index is 357. The van der Waals surface area contributed by atoms with E-state index in [1.807, 2.05) is 0 Å². The molecule has 0 amide bonds. The Labute approximate surface area is 92.8 Å². The Morgan fingerprint density at radius 3 is 2.88 bits per heavy atom. The number of ether oxygens (including phenoxy) is 1. The van der Waals surface area contributed by atoms with E-state index in [1.165, 1.54) is 6.07 Å². The van der Waals surface area contributed by atoms with Gasteiger partial charge in [0.05, 0.1) is 18.9 Å². The summed E-state index contributed by atoms with van der Waals surface area (Å²) in [5.41, 5.74) is 0.684. The number of aromatic nitrogens is 1. The van der Waals surface area contributed by atoms with Crippen LogP contribution in [0.1, 0.15) is 16.2 Å². The van der Waals surface area contributed by atoms with Gasteiger partial charge in [-0.25, -0.2) is 4.79 Å². The quantitative estimate of drug-likeness (QED) is 0.793. The molecule has 16 heavy (non-hydrogen) atoms. The van der Waals surface area contributed by atoms with Gasteiger partial charge < -0.3 is 14.4 Å². The number of carbonyl (C=O) groups is 1. The van der Waals surface area contributed by atoms with Crippen LogP contribution >= 0.6 is 0 Å². The molecule has 1 fully saturated rings. The molecular weight excluding hydrogens is 212 g/mol. The minimum Gasteiger partial charge on any atom is -0.475 e. The summed E-state index contributed by atoms with van der Waals surface area (Å²) < 4.78 is 9.91. The van der Waals surface area contributed by atoms with Gasteiger partial charge in [-0.3, -0.25) is 4.90 Å². The molecule has 2 rings (SSSR count). The summed E-state index contributed by atoms with van der Waals surface area (Å²) in [4.78, 5) is 12.8. The lowest BCUT2D eigenvalue weighted by molar-refractivity contribution is 0.0382. The summed E-state index contributed by atoms with van der Waals surface area (Å²) in [6, 6.07) is 1.47. The normalized spacial score (nSPS) is 17.5. The zero-order valence-electron chi connectivity index (χ0n) is 8.89.